The maximum Gasteiger partial charge on any atom is 0.269 e. The summed E-state index contributed by atoms with van der Waals surface area (Å²) in [6, 6.07) is 14.2. The number of ether oxygens (including phenoxy) is 1. The van der Waals surface area contributed by atoms with Gasteiger partial charge in [0.2, 0.25) is 0 Å². The van der Waals surface area contributed by atoms with Crippen LogP contribution in [0, 0.1) is 10.1 Å². The summed E-state index contributed by atoms with van der Waals surface area (Å²) in [6.45, 7) is 6.05. The Morgan fingerprint density at radius 1 is 0.963 bits per heavy atom. The maximum absolute atomic E-state index is 11.4. The van der Waals surface area contributed by atoms with Crippen LogP contribution >= 0.6 is 0 Å². The number of Topliss-reactive ketones (excluding diaryl/α,β-unsaturated/α-hetero) is 1. The molecular weight excluding hydrogens is 342 g/mol. The van der Waals surface area contributed by atoms with Gasteiger partial charge in [-0.3, -0.25) is 14.9 Å². The predicted octanol–water partition coefficient (Wildman–Crippen LogP) is 5.74. The van der Waals surface area contributed by atoms with Crippen LogP contribution in [0.15, 0.2) is 60.7 Å². The van der Waals surface area contributed by atoms with E-state index in [0.29, 0.717) is 18.6 Å². The molecule has 5 nitrogen and oxygen atoms in total. The largest absolute Gasteiger partial charge is 0.494 e. The van der Waals surface area contributed by atoms with Gasteiger partial charge in [0.15, 0.2) is 5.78 Å². The van der Waals surface area contributed by atoms with Crippen LogP contribution in [0.25, 0.3) is 11.1 Å². The molecule has 0 aliphatic carbocycles. The second-order valence-corrected chi connectivity index (χ2v) is 6.54. The number of nitro groups is 1. The third-order valence-electron chi connectivity index (χ3n) is 4.31. The van der Waals surface area contributed by atoms with E-state index in [4.69, 9.17) is 4.74 Å². The van der Waals surface area contributed by atoms with E-state index in [1.165, 1.54) is 12.1 Å². The first-order valence-corrected chi connectivity index (χ1v) is 9.14. The zero-order valence-electron chi connectivity index (χ0n) is 15.6. The molecule has 5 heteroatoms. The number of hydrogen-bond donors (Lipinski definition) is 0. The van der Waals surface area contributed by atoms with Crippen molar-refractivity contribution in [1.82, 2.24) is 0 Å². The van der Waals surface area contributed by atoms with Crippen molar-refractivity contribution in [3.63, 3.8) is 0 Å². The standard InChI is InChI=1S/C22H25NO4/c1-17(2)22(24)7-5-3-4-6-16-27-21-14-10-19(11-15-21)18-8-12-20(13-9-18)23(25)26/h8-15H,1,3-7,16H2,2H3. The average Bonchev–Trinajstić information content (AvgIpc) is 2.67. The zero-order chi connectivity index (χ0) is 19.6. The molecule has 142 valence electrons. The Kier molecular flexibility index (Phi) is 7.74. The number of benzene rings is 2. The molecule has 0 radical (unpaired) electrons. The maximum atomic E-state index is 11.4. The van der Waals surface area contributed by atoms with Gasteiger partial charge in [0.1, 0.15) is 5.75 Å². The normalized spacial score (nSPS) is 10.4. The number of nitrogens with zero attached hydrogens (tertiary/aromatic N) is 1. The average molecular weight is 367 g/mol. The van der Waals surface area contributed by atoms with Crippen LogP contribution in [0.2, 0.25) is 0 Å². The monoisotopic (exact) mass is 367 g/mol. The van der Waals surface area contributed by atoms with Crippen molar-refractivity contribution < 1.29 is 14.5 Å². The quantitative estimate of drug-likeness (QED) is 0.220. The number of ketones is 1. The van der Waals surface area contributed by atoms with Crippen molar-refractivity contribution in [3.8, 4) is 16.9 Å². The molecule has 0 aliphatic heterocycles. The molecule has 0 aliphatic rings. The lowest BCUT2D eigenvalue weighted by molar-refractivity contribution is -0.384. The van der Waals surface area contributed by atoms with E-state index in [-0.39, 0.29) is 11.5 Å². The van der Waals surface area contributed by atoms with Gasteiger partial charge in [-0.15, -0.1) is 0 Å². The van der Waals surface area contributed by atoms with Crippen molar-refractivity contribution in [2.75, 3.05) is 6.61 Å². The first-order valence-electron chi connectivity index (χ1n) is 9.14. The molecule has 0 atom stereocenters. The Morgan fingerprint density at radius 3 is 2.07 bits per heavy atom. The third kappa shape index (κ3) is 6.70. The minimum Gasteiger partial charge on any atom is -0.494 e. The van der Waals surface area contributed by atoms with Gasteiger partial charge in [0, 0.05) is 18.6 Å². The summed E-state index contributed by atoms with van der Waals surface area (Å²) in [5.41, 5.74) is 2.63. The van der Waals surface area contributed by atoms with E-state index in [9.17, 15) is 14.9 Å². The number of hydrogen-bond acceptors (Lipinski definition) is 4. The Hall–Kier alpha value is -2.95. The fraction of sp³-hybridized carbons (Fsp3) is 0.318. The van der Waals surface area contributed by atoms with E-state index in [1.54, 1.807) is 19.1 Å². The smallest absolute Gasteiger partial charge is 0.269 e. The number of carbonyl (C=O) groups is 1. The Morgan fingerprint density at radius 2 is 1.52 bits per heavy atom. The van der Waals surface area contributed by atoms with Crippen LogP contribution in [-0.2, 0) is 4.79 Å². The summed E-state index contributed by atoms with van der Waals surface area (Å²) in [5, 5.41) is 10.7. The summed E-state index contributed by atoms with van der Waals surface area (Å²) < 4.78 is 5.74. The summed E-state index contributed by atoms with van der Waals surface area (Å²) in [6.07, 6.45) is 4.48. The van der Waals surface area contributed by atoms with Gasteiger partial charge in [-0.2, -0.15) is 0 Å². The SMILES string of the molecule is C=C(C)C(=O)CCCCCCOc1ccc(-c2ccc([N+](=O)[O-])cc2)cc1. The van der Waals surface area contributed by atoms with Crippen molar-refractivity contribution in [3.05, 3.63) is 70.8 Å². The first kappa shape index (κ1) is 20.4. The topological polar surface area (TPSA) is 69.4 Å². The van der Waals surface area contributed by atoms with E-state index >= 15 is 0 Å². The molecule has 0 saturated carbocycles. The second-order valence-electron chi connectivity index (χ2n) is 6.54. The van der Waals surface area contributed by atoms with Gasteiger partial charge in [-0.05, 0) is 60.7 Å². The summed E-state index contributed by atoms with van der Waals surface area (Å²) in [5.74, 6) is 0.956. The van der Waals surface area contributed by atoms with Crippen LogP contribution in [0.3, 0.4) is 0 Å². The van der Waals surface area contributed by atoms with Crippen molar-refractivity contribution in [2.45, 2.75) is 39.0 Å². The van der Waals surface area contributed by atoms with Crippen molar-refractivity contribution in [2.24, 2.45) is 0 Å². The summed E-state index contributed by atoms with van der Waals surface area (Å²) in [4.78, 5) is 21.7. The van der Waals surface area contributed by atoms with Crippen LogP contribution in [0.1, 0.15) is 39.0 Å². The second kappa shape index (κ2) is 10.3. The highest BCUT2D eigenvalue weighted by atomic mass is 16.6. The van der Waals surface area contributed by atoms with Gasteiger partial charge in [-0.1, -0.05) is 31.6 Å². The molecule has 0 N–H and O–H groups in total. The molecule has 0 unspecified atom stereocenters. The molecule has 0 amide bonds. The highest BCUT2D eigenvalue weighted by Crippen LogP contribution is 2.24. The minimum atomic E-state index is -0.404. The molecular formula is C22H25NO4. The molecule has 27 heavy (non-hydrogen) atoms. The molecule has 0 aromatic heterocycles. The van der Waals surface area contributed by atoms with E-state index < -0.39 is 4.92 Å². The molecule has 0 bridgehead atoms. The van der Waals surface area contributed by atoms with Gasteiger partial charge >= 0.3 is 0 Å². The fourth-order valence-corrected chi connectivity index (χ4v) is 2.66. The molecule has 0 heterocycles. The molecule has 2 aromatic rings. The highest BCUT2D eigenvalue weighted by molar-refractivity contribution is 5.93. The zero-order valence-corrected chi connectivity index (χ0v) is 15.6. The number of allylic oxidation sites excluding steroid dienone is 1. The lowest BCUT2D eigenvalue weighted by Gasteiger charge is -2.07. The van der Waals surface area contributed by atoms with Crippen LogP contribution in [-0.4, -0.2) is 17.3 Å². The molecule has 0 saturated heterocycles. The van der Waals surface area contributed by atoms with Gasteiger partial charge in [-0.25, -0.2) is 0 Å². The number of unbranched alkanes of at least 4 members (excludes halogenated alkanes) is 3. The number of rotatable bonds is 11. The Bertz CT molecular complexity index is 779. The first-order chi connectivity index (χ1) is 13.0. The lowest BCUT2D eigenvalue weighted by atomic mass is 10.1. The fourth-order valence-electron chi connectivity index (χ4n) is 2.66. The minimum absolute atomic E-state index is 0.0858. The van der Waals surface area contributed by atoms with Crippen LogP contribution in [0.4, 0.5) is 5.69 Å². The predicted molar refractivity (Wildman–Crippen MR) is 107 cm³/mol. The van der Waals surface area contributed by atoms with Gasteiger partial charge in [0.25, 0.3) is 5.69 Å². The Balaban J connectivity index is 1.70. The lowest BCUT2D eigenvalue weighted by Crippen LogP contribution is -1.99. The number of carbonyl (C=O) groups excluding carboxylic acids is 1. The summed E-state index contributed by atoms with van der Waals surface area (Å²) in [7, 11) is 0. The molecule has 0 fully saturated rings. The molecule has 2 aromatic carbocycles. The van der Waals surface area contributed by atoms with Crippen molar-refractivity contribution >= 4 is 11.5 Å². The van der Waals surface area contributed by atoms with Gasteiger partial charge < -0.3 is 4.74 Å². The van der Waals surface area contributed by atoms with E-state index in [1.807, 2.05) is 24.3 Å². The summed E-state index contributed by atoms with van der Waals surface area (Å²) >= 11 is 0. The third-order valence-corrected chi connectivity index (χ3v) is 4.31. The van der Waals surface area contributed by atoms with E-state index in [0.717, 1.165) is 42.6 Å². The Labute approximate surface area is 159 Å². The molecule has 2 rings (SSSR count). The van der Waals surface area contributed by atoms with Crippen LogP contribution < -0.4 is 4.74 Å². The highest BCUT2D eigenvalue weighted by Gasteiger charge is 2.05. The molecule has 0 spiro atoms. The van der Waals surface area contributed by atoms with E-state index in [2.05, 4.69) is 6.58 Å². The number of non-ortho nitro benzene ring substituents is 1. The number of nitro benzene ring substituents is 1. The van der Waals surface area contributed by atoms with Crippen molar-refractivity contribution in [1.29, 1.82) is 0 Å². The van der Waals surface area contributed by atoms with Crippen LogP contribution in [0.5, 0.6) is 5.75 Å². The van der Waals surface area contributed by atoms with Gasteiger partial charge in [0.05, 0.1) is 11.5 Å².